The molecule has 2 N–H and O–H groups in total. The molecule has 1 saturated carbocycles. The van der Waals surface area contributed by atoms with Gasteiger partial charge in [0, 0.05) is 24.4 Å². The quantitative estimate of drug-likeness (QED) is 0.721. The minimum Gasteiger partial charge on any atom is -0.346 e. The van der Waals surface area contributed by atoms with E-state index in [1.807, 2.05) is 18.5 Å². The predicted octanol–water partition coefficient (Wildman–Crippen LogP) is 4.87. The largest absolute Gasteiger partial charge is 0.346 e. The SMILES string of the molecule is CCc1nc2c(cnc3[nH]ccc32)[nH]1.N#CCCC1CCCCC1. The second-order valence-electron chi connectivity index (χ2n) is 6.50. The van der Waals surface area contributed by atoms with Crippen molar-refractivity contribution in [3.63, 3.8) is 0 Å². The number of imidazole rings is 1. The summed E-state index contributed by atoms with van der Waals surface area (Å²) in [5, 5.41) is 9.43. The molecule has 1 aliphatic carbocycles. The van der Waals surface area contributed by atoms with Crippen LogP contribution in [0.4, 0.5) is 0 Å². The zero-order valence-electron chi connectivity index (χ0n) is 14.3. The number of aromatic nitrogens is 4. The van der Waals surface area contributed by atoms with Crippen LogP contribution in [0.5, 0.6) is 0 Å². The van der Waals surface area contributed by atoms with E-state index in [1.165, 1.54) is 32.1 Å². The Balaban J connectivity index is 0.000000150. The first kappa shape index (κ1) is 16.5. The van der Waals surface area contributed by atoms with Crippen LogP contribution >= 0.6 is 0 Å². The summed E-state index contributed by atoms with van der Waals surface area (Å²) >= 11 is 0. The second kappa shape index (κ2) is 7.96. The summed E-state index contributed by atoms with van der Waals surface area (Å²) in [5.74, 6) is 1.89. The van der Waals surface area contributed by atoms with Gasteiger partial charge in [0.2, 0.25) is 0 Å². The third-order valence-electron chi connectivity index (χ3n) is 4.81. The van der Waals surface area contributed by atoms with Crippen molar-refractivity contribution in [2.24, 2.45) is 5.92 Å². The Bertz CT molecular complexity index is 817. The summed E-state index contributed by atoms with van der Waals surface area (Å²) in [4.78, 5) is 15.1. The lowest BCUT2D eigenvalue weighted by Gasteiger charge is -2.19. The van der Waals surface area contributed by atoms with Crippen molar-refractivity contribution in [2.45, 2.75) is 58.3 Å². The Labute approximate surface area is 142 Å². The van der Waals surface area contributed by atoms with E-state index >= 15 is 0 Å². The molecular weight excluding hydrogens is 298 g/mol. The van der Waals surface area contributed by atoms with Crippen LogP contribution in [0.15, 0.2) is 18.5 Å². The van der Waals surface area contributed by atoms with E-state index in [0.717, 1.165) is 53.1 Å². The number of aromatic amines is 2. The van der Waals surface area contributed by atoms with Crippen LogP contribution in [-0.2, 0) is 6.42 Å². The Hall–Kier alpha value is -2.35. The highest BCUT2D eigenvalue weighted by Gasteiger charge is 2.12. The number of aryl methyl sites for hydroxylation is 1. The molecule has 3 aromatic heterocycles. The third-order valence-corrected chi connectivity index (χ3v) is 4.81. The summed E-state index contributed by atoms with van der Waals surface area (Å²) in [6, 6.07) is 4.22. The van der Waals surface area contributed by atoms with E-state index in [2.05, 4.69) is 32.9 Å². The van der Waals surface area contributed by atoms with E-state index in [0.29, 0.717) is 0 Å². The number of nitrogens with zero attached hydrogens (tertiary/aromatic N) is 3. The lowest BCUT2D eigenvalue weighted by molar-refractivity contribution is 0.342. The highest BCUT2D eigenvalue weighted by Crippen LogP contribution is 2.26. The molecule has 24 heavy (non-hydrogen) atoms. The molecule has 0 unspecified atom stereocenters. The summed E-state index contributed by atoms with van der Waals surface area (Å²) in [6.07, 6.45) is 13.5. The molecule has 3 heterocycles. The number of hydrogen-bond acceptors (Lipinski definition) is 3. The molecule has 4 rings (SSSR count). The fraction of sp³-hybridized carbons (Fsp3) is 0.526. The first-order valence-electron chi connectivity index (χ1n) is 8.99. The number of fused-ring (bicyclic) bond motifs is 3. The molecule has 1 fully saturated rings. The van der Waals surface area contributed by atoms with Gasteiger partial charge in [0.05, 0.1) is 17.8 Å². The van der Waals surface area contributed by atoms with Gasteiger partial charge in [-0.3, -0.25) is 0 Å². The Morgan fingerprint density at radius 1 is 1.29 bits per heavy atom. The molecule has 0 aromatic carbocycles. The first-order chi connectivity index (χ1) is 11.8. The van der Waals surface area contributed by atoms with Gasteiger partial charge in [-0.2, -0.15) is 5.26 Å². The van der Waals surface area contributed by atoms with Crippen molar-refractivity contribution >= 4 is 22.1 Å². The molecule has 5 heteroatoms. The number of hydrogen-bond donors (Lipinski definition) is 2. The third kappa shape index (κ3) is 3.76. The number of pyridine rings is 1. The minimum absolute atomic E-state index is 0.769. The van der Waals surface area contributed by atoms with Crippen LogP contribution < -0.4 is 0 Å². The van der Waals surface area contributed by atoms with Crippen LogP contribution in [0.25, 0.3) is 22.1 Å². The van der Waals surface area contributed by atoms with Crippen molar-refractivity contribution in [3.05, 3.63) is 24.3 Å². The molecule has 0 atom stereocenters. The van der Waals surface area contributed by atoms with Crippen LogP contribution in [0.1, 0.15) is 57.7 Å². The predicted molar refractivity (Wildman–Crippen MR) is 96.5 cm³/mol. The summed E-state index contributed by atoms with van der Waals surface area (Å²) in [7, 11) is 0. The highest BCUT2D eigenvalue weighted by molar-refractivity contribution is 6.00. The van der Waals surface area contributed by atoms with Gasteiger partial charge < -0.3 is 9.97 Å². The van der Waals surface area contributed by atoms with Gasteiger partial charge in [0.1, 0.15) is 17.0 Å². The fourth-order valence-corrected chi connectivity index (χ4v) is 3.44. The minimum atomic E-state index is 0.769. The molecule has 1 aliphatic rings. The van der Waals surface area contributed by atoms with Gasteiger partial charge in [-0.05, 0) is 18.4 Å². The monoisotopic (exact) mass is 323 g/mol. The van der Waals surface area contributed by atoms with E-state index in [4.69, 9.17) is 5.26 Å². The van der Waals surface area contributed by atoms with Crippen LogP contribution in [0, 0.1) is 17.2 Å². The molecule has 5 nitrogen and oxygen atoms in total. The Kier molecular flexibility index (Phi) is 5.47. The lowest BCUT2D eigenvalue weighted by Crippen LogP contribution is -2.05. The van der Waals surface area contributed by atoms with Crippen molar-refractivity contribution in [2.75, 3.05) is 0 Å². The van der Waals surface area contributed by atoms with Gasteiger partial charge in [0.25, 0.3) is 0 Å². The van der Waals surface area contributed by atoms with Gasteiger partial charge in [-0.15, -0.1) is 0 Å². The maximum absolute atomic E-state index is 8.35. The topological polar surface area (TPSA) is 81.2 Å². The molecule has 0 radical (unpaired) electrons. The maximum Gasteiger partial charge on any atom is 0.139 e. The average Bonchev–Trinajstić information content (AvgIpc) is 3.26. The molecule has 0 spiro atoms. The zero-order chi connectivity index (χ0) is 16.8. The van der Waals surface area contributed by atoms with E-state index in [9.17, 15) is 0 Å². The Morgan fingerprint density at radius 3 is 2.88 bits per heavy atom. The number of nitrogens with one attached hydrogen (secondary N) is 2. The van der Waals surface area contributed by atoms with Crippen molar-refractivity contribution < 1.29 is 0 Å². The molecule has 0 bridgehead atoms. The van der Waals surface area contributed by atoms with E-state index in [-0.39, 0.29) is 0 Å². The van der Waals surface area contributed by atoms with Crippen molar-refractivity contribution in [1.82, 2.24) is 19.9 Å². The number of nitriles is 1. The lowest BCUT2D eigenvalue weighted by atomic mass is 9.86. The molecule has 0 amide bonds. The number of rotatable bonds is 3. The summed E-state index contributed by atoms with van der Waals surface area (Å²) < 4.78 is 0. The smallest absolute Gasteiger partial charge is 0.139 e. The Morgan fingerprint density at radius 2 is 2.12 bits per heavy atom. The van der Waals surface area contributed by atoms with Gasteiger partial charge in [-0.25, -0.2) is 9.97 Å². The normalized spacial score (nSPS) is 15.2. The van der Waals surface area contributed by atoms with E-state index < -0.39 is 0 Å². The molecule has 0 aliphatic heterocycles. The van der Waals surface area contributed by atoms with Crippen LogP contribution in [0.2, 0.25) is 0 Å². The second-order valence-corrected chi connectivity index (χ2v) is 6.50. The molecule has 3 aromatic rings. The number of H-pyrrole nitrogens is 2. The van der Waals surface area contributed by atoms with Crippen LogP contribution in [0.3, 0.4) is 0 Å². The first-order valence-corrected chi connectivity index (χ1v) is 8.99. The van der Waals surface area contributed by atoms with Gasteiger partial charge in [-0.1, -0.05) is 39.0 Å². The van der Waals surface area contributed by atoms with Crippen LogP contribution in [-0.4, -0.2) is 19.9 Å². The molecular formula is C19H25N5. The molecule has 0 saturated heterocycles. The van der Waals surface area contributed by atoms with Gasteiger partial charge >= 0.3 is 0 Å². The van der Waals surface area contributed by atoms with Gasteiger partial charge in [0.15, 0.2) is 0 Å². The summed E-state index contributed by atoms with van der Waals surface area (Å²) in [5.41, 5.74) is 2.91. The fourth-order valence-electron chi connectivity index (χ4n) is 3.44. The standard InChI is InChI=1S/C10H10N4.C9H15N/c1-2-8-13-7-5-12-10-6(3-4-11-10)9(7)14-8;10-8-4-7-9-5-2-1-3-6-9/h3-5H,2H2,1H3,(H,11,12)(H,13,14);9H,1-7H2. The maximum atomic E-state index is 8.35. The van der Waals surface area contributed by atoms with Crippen molar-refractivity contribution in [3.8, 4) is 6.07 Å². The van der Waals surface area contributed by atoms with Crippen molar-refractivity contribution in [1.29, 1.82) is 5.26 Å². The summed E-state index contributed by atoms with van der Waals surface area (Å²) in [6.45, 7) is 2.08. The average molecular weight is 323 g/mol. The zero-order valence-corrected chi connectivity index (χ0v) is 14.3. The molecule has 126 valence electrons. The highest BCUT2D eigenvalue weighted by atomic mass is 14.9. The van der Waals surface area contributed by atoms with E-state index in [1.54, 1.807) is 0 Å².